The second-order valence-corrected chi connectivity index (χ2v) is 5.31. The van der Waals surface area contributed by atoms with Crippen molar-refractivity contribution in [1.29, 1.82) is 0 Å². The van der Waals surface area contributed by atoms with Gasteiger partial charge in [0.05, 0.1) is 11.3 Å². The molecule has 3 aromatic rings. The summed E-state index contributed by atoms with van der Waals surface area (Å²) in [4.78, 5) is 14.5. The van der Waals surface area contributed by atoms with Gasteiger partial charge in [0, 0.05) is 22.0 Å². The summed E-state index contributed by atoms with van der Waals surface area (Å²) < 4.78 is 39.7. The summed E-state index contributed by atoms with van der Waals surface area (Å²) in [6.07, 6.45) is -3.09. The fourth-order valence-electron chi connectivity index (χ4n) is 2.76. The number of halogens is 3. The molecule has 0 saturated heterocycles. The van der Waals surface area contributed by atoms with Gasteiger partial charge in [-0.15, -0.1) is 0 Å². The minimum absolute atomic E-state index is 0.0173. The number of H-pyrrole nitrogens is 1. The zero-order chi connectivity index (χ0) is 16.6. The monoisotopic (exact) mass is 317 g/mol. The van der Waals surface area contributed by atoms with Crippen LogP contribution in [0.5, 0.6) is 0 Å². The predicted octanol–water partition coefficient (Wildman–Crippen LogP) is 5.23. The number of aromatic nitrogens is 1. The Kier molecular flexibility index (Phi) is 3.72. The van der Waals surface area contributed by atoms with E-state index in [1.54, 1.807) is 6.07 Å². The summed E-state index contributed by atoms with van der Waals surface area (Å²) in [6, 6.07) is 10.8. The summed E-state index contributed by atoms with van der Waals surface area (Å²) in [5.41, 5.74) is 1.36. The molecule has 0 radical (unpaired) electrons. The van der Waals surface area contributed by atoms with Gasteiger partial charge in [-0.25, -0.2) is 0 Å². The van der Waals surface area contributed by atoms with E-state index in [-0.39, 0.29) is 16.8 Å². The van der Waals surface area contributed by atoms with Crippen molar-refractivity contribution >= 4 is 17.2 Å². The van der Waals surface area contributed by atoms with Gasteiger partial charge in [0.25, 0.3) is 0 Å². The van der Waals surface area contributed by atoms with Crippen LogP contribution in [0.2, 0.25) is 0 Å². The maximum Gasteiger partial charge on any atom is 0.417 e. The number of aryl methyl sites for hydroxylation is 1. The molecular weight excluding hydrogens is 303 g/mol. The van der Waals surface area contributed by atoms with E-state index in [0.29, 0.717) is 17.2 Å². The number of carbonyl (C=O) groups is 1. The van der Waals surface area contributed by atoms with Gasteiger partial charge in [-0.1, -0.05) is 31.2 Å². The number of rotatable bonds is 3. The third kappa shape index (κ3) is 2.63. The van der Waals surface area contributed by atoms with Crippen molar-refractivity contribution < 1.29 is 18.0 Å². The molecular formula is C18H14F3NO. The lowest BCUT2D eigenvalue weighted by Gasteiger charge is -2.12. The molecule has 0 bridgehead atoms. The van der Waals surface area contributed by atoms with Crippen LogP contribution in [0.15, 0.2) is 42.5 Å². The lowest BCUT2D eigenvalue weighted by atomic mass is 10.00. The van der Waals surface area contributed by atoms with Crippen molar-refractivity contribution in [2.75, 3.05) is 0 Å². The topological polar surface area (TPSA) is 32.9 Å². The Morgan fingerprint density at radius 3 is 2.52 bits per heavy atom. The van der Waals surface area contributed by atoms with E-state index in [0.717, 1.165) is 18.1 Å². The number of benzene rings is 2. The quantitative estimate of drug-likeness (QED) is 0.659. The second-order valence-electron chi connectivity index (χ2n) is 5.31. The highest BCUT2D eigenvalue weighted by atomic mass is 19.4. The van der Waals surface area contributed by atoms with E-state index in [1.165, 1.54) is 18.2 Å². The van der Waals surface area contributed by atoms with Crippen molar-refractivity contribution in [1.82, 2.24) is 4.98 Å². The zero-order valence-electron chi connectivity index (χ0n) is 12.4. The van der Waals surface area contributed by atoms with Crippen molar-refractivity contribution in [3.05, 3.63) is 59.2 Å². The summed E-state index contributed by atoms with van der Waals surface area (Å²) in [7, 11) is 0. The summed E-state index contributed by atoms with van der Waals surface area (Å²) in [5, 5.41) is 0.645. The van der Waals surface area contributed by atoms with Crippen LogP contribution in [0, 0.1) is 0 Å². The minimum Gasteiger partial charge on any atom is -0.354 e. The Hall–Kier alpha value is -2.56. The molecule has 23 heavy (non-hydrogen) atoms. The van der Waals surface area contributed by atoms with Gasteiger partial charge >= 0.3 is 6.18 Å². The van der Waals surface area contributed by atoms with Gasteiger partial charge in [0.1, 0.15) is 0 Å². The van der Waals surface area contributed by atoms with E-state index >= 15 is 0 Å². The highest BCUT2D eigenvalue weighted by Gasteiger charge is 2.34. The number of hydrogen-bond donors (Lipinski definition) is 1. The van der Waals surface area contributed by atoms with Crippen molar-refractivity contribution in [3.63, 3.8) is 0 Å². The molecule has 0 fully saturated rings. The Morgan fingerprint density at radius 2 is 1.87 bits per heavy atom. The SMILES string of the molecule is CCc1ccc2[nH]c(-c3ccccc3C(F)(F)F)c(C=O)c2c1. The Morgan fingerprint density at radius 1 is 1.13 bits per heavy atom. The molecule has 1 N–H and O–H groups in total. The Bertz CT molecular complexity index is 878. The van der Waals surface area contributed by atoms with Crippen LogP contribution in [-0.4, -0.2) is 11.3 Å². The summed E-state index contributed by atoms with van der Waals surface area (Å²) >= 11 is 0. The largest absolute Gasteiger partial charge is 0.417 e. The first-order chi connectivity index (χ1) is 11.0. The van der Waals surface area contributed by atoms with Crippen molar-refractivity contribution in [2.45, 2.75) is 19.5 Å². The number of nitrogens with one attached hydrogen (secondary N) is 1. The van der Waals surface area contributed by atoms with Crippen molar-refractivity contribution in [3.8, 4) is 11.3 Å². The smallest absolute Gasteiger partial charge is 0.354 e. The lowest BCUT2D eigenvalue weighted by Crippen LogP contribution is -2.07. The van der Waals surface area contributed by atoms with E-state index in [1.807, 2.05) is 19.1 Å². The minimum atomic E-state index is -4.48. The van der Waals surface area contributed by atoms with Crippen molar-refractivity contribution in [2.24, 2.45) is 0 Å². The van der Waals surface area contributed by atoms with Crippen LogP contribution in [0.4, 0.5) is 13.2 Å². The molecule has 1 heterocycles. The molecule has 118 valence electrons. The van der Waals surface area contributed by atoms with Crippen LogP contribution in [0.25, 0.3) is 22.2 Å². The molecule has 0 spiro atoms. The fourth-order valence-corrected chi connectivity index (χ4v) is 2.76. The molecule has 2 nitrogen and oxygen atoms in total. The average molecular weight is 317 g/mol. The summed E-state index contributed by atoms with van der Waals surface area (Å²) in [5.74, 6) is 0. The van der Waals surface area contributed by atoms with Gasteiger partial charge in [0.2, 0.25) is 0 Å². The van der Waals surface area contributed by atoms with Gasteiger partial charge < -0.3 is 4.98 Å². The molecule has 0 saturated carbocycles. The van der Waals surface area contributed by atoms with E-state index in [2.05, 4.69) is 4.98 Å². The molecule has 0 aliphatic carbocycles. The van der Waals surface area contributed by atoms with E-state index in [9.17, 15) is 18.0 Å². The highest BCUT2D eigenvalue weighted by molar-refractivity contribution is 6.04. The molecule has 5 heteroatoms. The standard InChI is InChI=1S/C18H14F3NO/c1-2-11-7-8-16-13(9-11)14(10-23)17(22-16)12-5-3-4-6-15(12)18(19,20)21/h3-10,22H,2H2,1H3. The van der Waals surface area contributed by atoms with Crippen LogP contribution < -0.4 is 0 Å². The Balaban J connectivity index is 2.31. The number of aromatic amines is 1. The fraction of sp³-hybridized carbons (Fsp3) is 0.167. The molecule has 1 aromatic heterocycles. The maximum absolute atomic E-state index is 13.2. The third-order valence-corrected chi connectivity index (χ3v) is 3.93. The van der Waals surface area contributed by atoms with Gasteiger partial charge in [-0.05, 0) is 30.2 Å². The maximum atomic E-state index is 13.2. The number of aldehydes is 1. The molecule has 0 atom stereocenters. The number of fused-ring (bicyclic) bond motifs is 1. The third-order valence-electron chi connectivity index (χ3n) is 3.93. The molecule has 3 rings (SSSR count). The number of carbonyl (C=O) groups excluding carboxylic acids is 1. The Labute approximate surface area is 130 Å². The number of hydrogen-bond acceptors (Lipinski definition) is 1. The van der Waals surface area contributed by atoms with E-state index in [4.69, 9.17) is 0 Å². The number of alkyl halides is 3. The van der Waals surface area contributed by atoms with E-state index < -0.39 is 11.7 Å². The zero-order valence-corrected chi connectivity index (χ0v) is 12.4. The molecule has 2 aromatic carbocycles. The summed E-state index contributed by atoms with van der Waals surface area (Å²) in [6.45, 7) is 1.98. The van der Waals surface area contributed by atoms with Gasteiger partial charge in [-0.2, -0.15) is 13.2 Å². The molecule has 0 amide bonds. The first-order valence-corrected chi connectivity index (χ1v) is 7.22. The molecule has 0 aliphatic rings. The predicted molar refractivity (Wildman–Crippen MR) is 83.5 cm³/mol. The van der Waals surface area contributed by atoms with Gasteiger partial charge in [-0.3, -0.25) is 4.79 Å². The van der Waals surface area contributed by atoms with Gasteiger partial charge in [0.15, 0.2) is 6.29 Å². The van der Waals surface area contributed by atoms with Crippen LogP contribution in [0.1, 0.15) is 28.4 Å². The molecule has 0 aliphatic heterocycles. The van der Waals surface area contributed by atoms with Crippen LogP contribution in [0.3, 0.4) is 0 Å². The first-order valence-electron chi connectivity index (χ1n) is 7.22. The molecule has 0 unspecified atom stereocenters. The van der Waals surface area contributed by atoms with Crippen LogP contribution >= 0.6 is 0 Å². The normalized spacial score (nSPS) is 11.8. The highest BCUT2D eigenvalue weighted by Crippen LogP contribution is 2.39. The second kappa shape index (κ2) is 5.57. The van der Waals surface area contributed by atoms with Crippen LogP contribution in [-0.2, 0) is 12.6 Å². The lowest BCUT2D eigenvalue weighted by molar-refractivity contribution is -0.137. The average Bonchev–Trinajstić information content (AvgIpc) is 2.91. The first kappa shape index (κ1) is 15.3.